The summed E-state index contributed by atoms with van der Waals surface area (Å²) in [6.45, 7) is 3.36. The van der Waals surface area contributed by atoms with Crippen LogP contribution >= 0.6 is 0 Å². The number of rotatable bonds is 2. The van der Waals surface area contributed by atoms with E-state index >= 15 is 0 Å². The van der Waals surface area contributed by atoms with Gasteiger partial charge < -0.3 is 4.74 Å². The number of hydrogen-bond acceptors (Lipinski definition) is 2. The van der Waals surface area contributed by atoms with Crippen LogP contribution in [0.3, 0.4) is 0 Å². The fraction of sp³-hybridized carbons (Fsp3) is 0.182. The molecule has 0 atom stereocenters. The van der Waals surface area contributed by atoms with Gasteiger partial charge >= 0.3 is 12.1 Å². The normalized spacial score (nSPS) is 11.0. The number of benzene rings is 1. The molecule has 0 saturated carbocycles. The average Bonchev–Trinajstić information content (AvgIpc) is 2.26. The Morgan fingerprint density at radius 2 is 2.00 bits per heavy atom. The second kappa shape index (κ2) is 4.38. The van der Waals surface area contributed by atoms with E-state index in [4.69, 9.17) is 0 Å². The summed E-state index contributed by atoms with van der Waals surface area (Å²) >= 11 is 0. The SMILES string of the molecule is C=Cc1cc(C(=O)OC)cc(C(F)(F)F)c1. The van der Waals surface area contributed by atoms with Gasteiger partial charge in [0.05, 0.1) is 18.2 Å². The van der Waals surface area contributed by atoms with Crippen molar-refractivity contribution in [1.82, 2.24) is 0 Å². The topological polar surface area (TPSA) is 26.3 Å². The molecule has 0 saturated heterocycles. The number of hydrogen-bond donors (Lipinski definition) is 0. The summed E-state index contributed by atoms with van der Waals surface area (Å²) in [5.74, 6) is -0.811. The van der Waals surface area contributed by atoms with Crippen molar-refractivity contribution in [1.29, 1.82) is 0 Å². The molecule has 0 radical (unpaired) electrons. The summed E-state index contributed by atoms with van der Waals surface area (Å²) in [5, 5.41) is 0. The fourth-order valence-electron chi connectivity index (χ4n) is 1.17. The molecule has 0 spiro atoms. The van der Waals surface area contributed by atoms with E-state index in [1.54, 1.807) is 0 Å². The van der Waals surface area contributed by atoms with Crippen LogP contribution in [0.1, 0.15) is 21.5 Å². The molecule has 86 valence electrons. The fourth-order valence-corrected chi connectivity index (χ4v) is 1.17. The molecule has 0 aliphatic heterocycles. The zero-order valence-corrected chi connectivity index (χ0v) is 8.47. The summed E-state index contributed by atoms with van der Waals surface area (Å²) in [6, 6.07) is 2.95. The first-order valence-electron chi connectivity index (χ1n) is 4.31. The molecule has 0 aliphatic rings. The number of ether oxygens (including phenoxy) is 1. The Bertz CT molecular complexity index is 422. The van der Waals surface area contributed by atoms with Crippen molar-refractivity contribution < 1.29 is 22.7 Å². The van der Waals surface area contributed by atoms with E-state index in [2.05, 4.69) is 11.3 Å². The van der Waals surface area contributed by atoms with Gasteiger partial charge in [0, 0.05) is 0 Å². The molecular weight excluding hydrogens is 221 g/mol. The van der Waals surface area contributed by atoms with Gasteiger partial charge in [0.2, 0.25) is 0 Å². The van der Waals surface area contributed by atoms with Crippen molar-refractivity contribution in [2.24, 2.45) is 0 Å². The van der Waals surface area contributed by atoms with Crippen molar-refractivity contribution in [2.45, 2.75) is 6.18 Å². The molecule has 1 aromatic carbocycles. The number of carbonyl (C=O) groups is 1. The summed E-state index contributed by atoms with van der Waals surface area (Å²) in [7, 11) is 1.11. The third-order valence-corrected chi connectivity index (χ3v) is 1.94. The minimum atomic E-state index is -4.50. The third kappa shape index (κ3) is 2.62. The highest BCUT2D eigenvalue weighted by molar-refractivity contribution is 5.90. The molecule has 0 heterocycles. The van der Waals surface area contributed by atoms with Crippen molar-refractivity contribution in [3.63, 3.8) is 0 Å². The van der Waals surface area contributed by atoms with E-state index in [0.717, 1.165) is 19.2 Å². The zero-order valence-electron chi connectivity index (χ0n) is 8.47. The van der Waals surface area contributed by atoms with Crippen LogP contribution < -0.4 is 0 Å². The van der Waals surface area contributed by atoms with Crippen LogP contribution in [-0.4, -0.2) is 13.1 Å². The van der Waals surface area contributed by atoms with Crippen LogP contribution in [0.4, 0.5) is 13.2 Å². The first-order chi connectivity index (χ1) is 7.38. The highest BCUT2D eigenvalue weighted by Gasteiger charge is 2.31. The van der Waals surface area contributed by atoms with E-state index in [0.29, 0.717) is 0 Å². The van der Waals surface area contributed by atoms with Gasteiger partial charge in [0.1, 0.15) is 0 Å². The van der Waals surface area contributed by atoms with E-state index in [9.17, 15) is 18.0 Å². The van der Waals surface area contributed by atoms with E-state index in [1.807, 2.05) is 0 Å². The number of methoxy groups -OCH3 is 1. The number of carbonyl (C=O) groups excluding carboxylic acids is 1. The molecule has 2 nitrogen and oxygen atoms in total. The second-order valence-corrected chi connectivity index (χ2v) is 3.04. The molecular formula is C11H9F3O2. The minimum absolute atomic E-state index is 0.146. The molecule has 0 fully saturated rings. The standard InChI is InChI=1S/C11H9F3O2/c1-3-7-4-8(10(15)16-2)6-9(5-7)11(12,13)14/h3-6H,1H2,2H3. The average molecular weight is 230 g/mol. The maximum absolute atomic E-state index is 12.5. The van der Waals surface area contributed by atoms with E-state index < -0.39 is 17.7 Å². The maximum atomic E-state index is 12.5. The minimum Gasteiger partial charge on any atom is -0.465 e. The van der Waals surface area contributed by atoms with Crippen LogP contribution in [0.2, 0.25) is 0 Å². The van der Waals surface area contributed by atoms with Gasteiger partial charge in [-0.15, -0.1) is 0 Å². The second-order valence-electron chi connectivity index (χ2n) is 3.04. The molecule has 5 heteroatoms. The molecule has 0 aromatic heterocycles. The molecule has 0 amide bonds. The predicted molar refractivity (Wildman–Crippen MR) is 52.9 cm³/mol. The Labute approximate surface area is 90.3 Å². The Morgan fingerprint density at radius 3 is 2.44 bits per heavy atom. The smallest absolute Gasteiger partial charge is 0.416 e. The Morgan fingerprint density at radius 1 is 1.38 bits per heavy atom. The van der Waals surface area contributed by atoms with E-state index in [1.165, 1.54) is 12.1 Å². The quantitative estimate of drug-likeness (QED) is 0.729. The van der Waals surface area contributed by atoms with Crippen molar-refractivity contribution in [2.75, 3.05) is 7.11 Å². The van der Waals surface area contributed by atoms with Crippen LogP contribution in [0.15, 0.2) is 24.8 Å². The summed E-state index contributed by atoms with van der Waals surface area (Å²) in [6.07, 6.45) is -3.26. The van der Waals surface area contributed by atoms with Crippen LogP contribution in [0.5, 0.6) is 0 Å². The third-order valence-electron chi connectivity index (χ3n) is 1.94. The highest BCUT2D eigenvalue weighted by Crippen LogP contribution is 2.31. The van der Waals surface area contributed by atoms with Gasteiger partial charge in [-0.25, -0.2) is 4.79 Å². The molecule has 0 unspecified atom stereocenters. The Balaban J connectivity index is 3.32. The van der Waals surface area contributed by atoms with Crippen molar-refractivity contribution in [3.05, 3.63) is 41.5 Å². The van der Waals surface area contributed by atoms with Crippen LogP contribution in [0.25, 0.3) is 6.08 Å². The van der Waals surface area contributed by atoms with Gasteiger partial charge in [-0.3, -0.25) is 0 Å². The molecule has 0 N–H and O–H groups in total. The van der Waals surface area contributed by atoms with Gasteiger partial charge in [0.25, 0.3) is 0 Å². The Kier molecular flexibility index (Phi) is 3.37. The molecule has 0 bridgehead atoms. The van der Waals surface area contributed by atoms with Gasteiger partial charge in [-0.2, -0.15) is 13.2 Å². The largest absolute Gasteiger partial charge is 0.465 e. The van der Waals surface area contributed by atoms with Crippen LogP contribution in [-0.2, 0) is 10.9 Å². The molecule has 1 rings (SSSR count). The lowest BCUT2D eigenvalue weighted by Crippen LogP contribution is -2.09. The summed E-state index contributed by atoms with van der Waals surface area (Å²) in [4.78, 5) is 11.1. The lowest BCUT2D eigenvalue weighted by molar-refractivity contribution is -0.137. The summed E-state index contributed by atoms with van der Waals surface area (Å²) < 4.78 is 41.8. The lowest BCUT2D eigenvalue weighted by Gasteiger charge is -2.09. The van der Waals surface area contributed by atoms with E-state index in [-0.39, 0.29) is 11.1 Å². The first-order valence-corrected chi connectivity index (χ1v) is 4.31. The Hall–Kier alpha value is -1.78. The molecule has 1 aromatic rings. The maximum Gasteiger partial charge on any atom is 0.416 e. The summed E-state index contributed by atoms with van der Waals surface area (Å²) in [5.41, 5.74) is -0.826. The molecule has 16 heavy (non-hydrogen) atoms. The first kappa shape index (κ1) is 12.3. The zero-order chi connectivity index (χ0) is 12.3. The van der Waals surface area contributed by atoms with Crippen LogP contribution in [0, 0.1) is 0 Å². The number of halogens is 3. The highest BCUT2D eigenvalue weighted by atomic mass is 19.4. The predicted octanol–water partition coefficient (Wildman–Crippen LogP) is 3.14. The number of alkyl halides is 3. The monoisotopic (exact) mass is 230 g/mol. The van der Waals surface area contributed by atoms with Gasteiger partial charge in [-0.05, 0) is 23.8 Å². The number of esters is 1. The van der Waals surface area contributed by atoms with Gasteiger partial charge in [-0.1, -0.05) is 12.7 Å². The van der Waals surface area contributed by atoms with Crippen molar-refractivity contribution >= 4 is 12.0 Å². The molecule has 0 aliphatic carbocycles. The lowest BCUT2D eigenvalue weighted by atomic mass is 10.1. The van der Waals surface area contributed by atoms with Gasteiger partial charge in [0.15, 0.2) is 0 Å². The van der Waals surface area contributed by atoms with Crippen molar-refractivity contribution in [3.8, 4) is 0 Å².